The summed E-state index contributed by atoms with van der Waals surface area (Å²) in [6.07, 6.45) is -7.37. The number of aliphatic carboxylic acids is 1. The Labute approximate surface area is 226 Å². The standard InChI is InChI=1S/C26H24ClF3N4O5/c1-13-16(4-3-5-19(13)38-2)23-17-9-15(27)6-7-18(17)34-24(31-32-25(34)26(28,29)30)20(39-23)10-21(35)33-11-14(12-33)8-22(36)37/h3-7,9,14,20,23H,8,10-12H2,1-2H3,(H,36,37)/t20-,23-/m1/s1. The summed E-state index contributed by atoms with van der Waals surface area (Å²) in [5.41, 5.74) is 1.78. The van der Waals surface area contributed by atoms with E-state index in [0.29, 0.717) is 22.4 Å². The molecule has 5 rings (SSSR count). The van der Waals surface area contributed by atoms with Crippen LogP contribution in [0.2, 0.25) is 5.02 Å². The number of rotatable bonds is 6. The van der Waals surface area contributed by atoms with E-state index in [1.807, 2.05) is 0 Å². The fourth-order valence-corrected chi connectivity index (χ4v) is 5.30. The third-order valence-electron chi connectivity index (χ3n) is 7.00. The van der Waals surface area contributed by atoms with Crippen molar-refractivity contribution in [2.24, 2.45) is 5.92 Å². The number of fused-ring (bicyclic) bond motifs is 3. The molecule has 2 aromatic carbocycles. The second-order valence-electron chi connectivity index (χ2n) is 9.56. The molecule has 0 bridgehead atoms. The first-order chi connectivity index (χ1) is 18.5. The highest BCUT2D eigenvalue weighted by atomic mass is 35.5. The number of aromatic nitrogens is 3. The van der Waals surface area contributed by atoms with E-state index >= 15 is 0 Å². The van der Waals surface area contributed by atoms with Gasteiger partial charge >= 0.3 is 12.1 Å². The predicted octanol–water partition coefficient (Wildman–Crippen LogP) is 4.74. The predicted molar refractivity (Wildman–Crippen MR) is 132 cm³/mol. The quantitative estimate of drug-likeness (QED) is 0.461. The number of carbonyl (C=O) groups is 2. The molecule has 13 heteroatoms. The van der Waals surface area contributed by atoms with Crippen molar-refractivity contribution >= 4 is 23.5 Å². The average Bonchev–Trinajstić information content (AvgIpc) is 3.25. The van der Waals surface area contributed by atoms with Gasteiger partial charge in [-0.05, 0) is 42.3 Å². The molecule has 206 valence electrons. The summed E-state index contributed by atoms with van der Waals surface area (Å²) >= 11 is 6.30. The number of likely N-dealkylation sites (tertiary alicyclic amines) is 1. The van der Waals surface area contributed by atoms with E-state index in [0.717, 1.165) is 4.57 Å². The SMILES string of the molecule is COc1cccc([C@H]2O[C@H](CC(=O)N3CC(CC(=O)O)C3)c3nnc(C(F)(F)F)n3-c3ccc(Cl)cc32)c1C. The number of hydrogen-bond donors (Lipinski definition) is 1. The monoisotopic (exact) mass is 564 g/mol. The van der Waals surface area contributed by atoms with E-state index in [1.165, 1.54) is 30.2 Å². The lowest BCUT2D eigenvalue weighted by atomic mass is 9.95. The van der Waals surface area contributed by atoms with Gasteiger partial charge in [0.1, 0.15) is 18.0 Å². The van der Waals surface area contributed by atoms with Gasteiger partial charge in [0, 0.05) is 29.6 Å². The van der Waals surface area contributed by atoms with Gasteiger partial charge in [-0.1, -0.05) is 23.7 Å². The summed E-state index contributed by atoms with van der Waals surface area (Å²) in [4.78, 5) is 25.6. The zero-order chi connectivity index (χ0) is 28.1. The van der Waals surface area contributed by atoms with E-state index in [-0.39, 0.29) is 48.4 Å². The summed E-state index contributed by atoms with van der Waals surface area (Å²) in [6.45, 7) is 2.29. The minimum atomic E-state index is -4.84. The average molecular weight is 565 g/mol. The highest BCUT2D eigenvalue weighted by molar-refractivity contribution is 6.30. The van der Waals surface area contributed by atoms with Gasteiger partial charge in [0.05, 0.1) is 25.6 Å². The number of carboxylic acid groups (broad SMARTS) is 1. The fraction of sp³-hybridized carbons (Fsp3) is 0.385. The maximum Gasteiger partial charge on any atom is 0.452 e. The number of carboxylic acids is 1. The van der Waals surface area contributed by atoms with Gasteiger partial charge < -0.3 is 19.5 Å². The molecule has 2 atom stereocenters. The molecule has 9 nitrogen and oxygen atoms in total. The van der Waals surface area contributed by atoms with Gasteiger partial charge in [-0.25, -0.2) is 0 Å². The van der Waals surface area contributed by atoms with Crippen molar-refractivity contribution in [3.8, 4) is 11.4 Å². The molecular weight excluding hydrogens is 541 g/mol. The first kappa shape index (κ1) is 26.9. The zero-order valence-corrected chi connectivity index (χ0v) is 21.7. The second kappa shape index (κ2) is 10.2. The molecule has 1 amide bonds. The number of nitrogens with zero attached hydrogens (tertiary/aromatic N) is 4. The highest BCUT2D eigenvalue weighted by Crippen LogP contribution is 2.45. The minimum Gasteiger partial charge on any atom is -0.496 e. The smallest absolute Gasteiger partial charge is 0.452 e. The van der Waals surface area contributed by atoms with Crippen LogP contribution < -0.4 is 4.74 Å². The largest absolute Gasteiger partial charge is 0.496 e. The molecule has 0 unspecified atom stereocenters. The first-order valence-electron chi connectivity index (χ1n) is 12.1. The van der Waals surface area contributed by atoms with Gasteiger partial charge in [0.25, 0.3) is 0 Å². The molecule has 0 saturated carbocycles. The van der Waals surface area contributed by atoms with Crippen molar-refractivity contribution in [3.05, 3.63) is 69.8 Å². The lowest BCUT2D eigenvalue weighted by Gasteiger charge is -2.39. The zero-order valence-electron chi connectivity index (χ0n) is 20.9. The molecule has 1 saturated heterocycles. The maximum atomic E-state index is 14.1. The lowest BCUT2D eigenvalue weighted by Crippen LogP contribution is -2.51. The van der Waals surface area contributed by atoms with Gasteiger partial charge in [-0.3, -0.25) is 14.2 Å². The number of alkyl halides is 3. The number of amides is 1. The van der Waals surface area contributed by atoms with Crippen molar-refractivity contribution < 1.29 is 37.3 Å². The Morgan fingerprint density at radius 2 is 1.90 bits per heavy atom. The summed E-state index contributed by atoms with van der Waals surface area (Å²) in [7, 11) is 1.51. The van der Waals surface area contributed by atoms with Crippen LogP contribution in [-0.2, 0) is 20.5 Å². The van der Waals surface area contributed by atoms with Crippen LogP contribution in [-0.4, -0.2) is 56.8 Å². The number of halogens is 4. The Hall–Kier alpha value is -3.64. The fourth-order valence-electron chi connectivity index (χ4n) is 5.12. The summed E-state index contributed by atoms with van der Waals surface area (Å²) < 4.78 is 55.1. The Morgan fingerprint density at radius 3 is 2.56 bits per heavy atom. The van der Waals surface area contributed by atoms with Gasteiger partial charge in [-0.2, -0.15) is 13.2 Å². The van der Waals surface area contributed by atoms with Crippen LogP contribution in [0.25, 0.3) is 5.69 Å². The van der Waals surface area contributed by atoms with Crippen LogP contribution in [0.5, 0.6) is 5.75 Å². The molecule has 0 radical (unpaired) electrons. The van der Waals surface area contributed by atoms with E-state index in [2.05, 4.69) is 10.2 Å². The third kappa shape index (κ3) is 5.06. The summed E-state index contributed by atoms with van der Waals surface area (Å²) in [6, 6.07) is 9.71. The first-order valence-corrected chi connectivity index (χ1v) is 12.5. The van der Waals surface area contributed by atoms with E-state index in [4.69, 9.17) is 26.2 Å². The van der Waals surface area contributed by atoms with Crippen molar-refractivity contribution in [1.82, 2.24) is 19.7 Å². The van der Waals surface area contributed by atoms with Crippen LogP contribution in [0.4, 0.5) is 13.2 Å². The topological polar surface area (TPSA) is 107 Å². The molecule has 2 aliphatic heterocycles. The molecule has 3 aromatic rings. The molecule has 2 aliphatic rings. The van der Waals surface area contributed by atoms with Crippen LogP contribution >= 0.6 is 11.6 Å². The number of benzene rings is 2. The molecule has 0 spiro atoms. The molecule has 39 heavy (non-hydrogen) atoms. The number of methoxy groups -OCH3 is 1. The molecular formula is C26H24ClF3N4O5. The minimum absolute atomic E-state index is 0.0692. The van der Waals surface area contributed by atoms with Crippen LogP contribution in [0.15, 0.2) is 36.4 Å². The molecule has 1 aromatic heterocycles. The third-order valence-corrected chi connectivity index (χ3v) is 7.24. The van der Waals surface area contributed by atoms with Crippen LogP contribution in [0, 0.1) is 12.8 Å². The number of hydrogen-bond acceptors (Lipinski definition) is 6. The Balaban J connectivity index is 1.61. The second-order valence-corrected chi connectivity index (χ2v) is 10.0. The van der Waals surface area contributed by atoms with Gasteiger partial charge in [0.15, 0.2) is 5.82 Å². The number of ether oxygens (including phenoxy) is 2. The van der Waals surface area contributed by atoms with E-state index in [1.54, 1.807) is 25.1 Å². The Kier molecular flexibility index (Phi) is 7.02. The summed E-state index contributed by atoms with van der Waals surface area (Å²) in [5, 5.41) is 16.5. The Morgan fingerprint density at radius 1 is 1.15 bits per heavy atom. The number of carbonyl (C=O) groups excluding carboxylic acids is 1. The van der Waals surface area contributed by atoms with E-state index in [9.17, 15) is 22.8 Å². The maximum absolute atomic E-state index is 14.1. The normalized spacial score (nSPS) is 19.1. The lowest BCUT2D eigenvalue weighted by molar-refractivity contribution is -0.147. The van der Waals surface area contributed by atoms with Crippen LogP contribution in [0.3, 0.4) is 0 Å². The highest BCUT2D eigenvalue weighted by Gasteiger charge is 2.44. The van der Waals surface area contributed by atoms with Crippen molar-refractivity contribution in [2.75, 3.05) is 20.2 Å². The van der Waals surface area contributed by atoms with Crippen molar-refractivity contribution in [2.45, 2.75) is 38.1 Å². The van der Waals surface area contributed by atoms with E-state index < -0.39 is 36.1 Å². The van der Waals surface area contributed by atoms with Crippen LogP contribution in [0.1, 0.15) is 53.4 Å². The molecule has 1 N–H and O–H groups in total. The molecule has 3 heterocycles. The summed E-state index contributed by atoms with van der Waals surface area (Å²) in [5.74, 6) is -2.41. The Bertz CT molecular complexity index is 1440. The van der Waals surface area contributed by atoms with Gasteiger partial charge in [0.2, 0.25) is 11.7 Å². The molecule has 1 fully saturated rings. The van der Waals surface area contributed by atoms with Crippen molar-refractivity contribution in [3.63, 3.8) is 0 Å². The van der Waals surface area contributed by atoms with Crippen molar-refractivity contribution in [1.29, 1.82) is 0 Å². The molecule has 0 aliphatic carbocycles. The van der Waals surface area contributed by atoms with Gasteiger partial charge in [-0.15, -0.1) is 10.2 Å².